The van der Waals surface area contributed by atoms with E-state index in [0.717, 1.165) is 19.4 Å². The predicted octanol–water partition coefficient (Wildman–Crippen LogP) is 1.45. The smallest absolute Gasteiger partial charge is 0.237 e. The monoisotopic (exact) mass is 267 g/mol. The molecule has 2 N–H and O–H groups in total. The molecule has 110 valence electrons. The number of piperidine rings is 1. The van der Waals surface area contributed by atoms with E-state index in [1.165, 1.54) is 12.8 Å². The van der Waals surface area contributed by atoms with E-state index in [1.807, 2.05) is 4.90 Å². The molecule has 0 aromatic rings. The molecule has 4 unspecified atom stereocenters. The van der Waals surface area contributed by atoms with Crippen LogP contribution >= 0.6 is 0 Å². The summed E-state index contributed by atoms with van der Waals surface area (Å²) in [5.74, 6) is 0.977. The standard InChI is InChI=1S/C15H29N3O/c1-11-6-7-17(14(8-11)9-16)15(19)10-18-12(2)4-5-13(18)3/h11-14H,4-10,16H2,1-3H3. The minimum Gasteiger partial charge on any atom is -0.337 e. The van der Waals surface area contributed by atoms with Crippen molar-refractivity contribution >= 4 is 5.91 Å². The molecule has 2 rings (SSSR count). The molecule has 2 heterocycles. The number of hydrogen-bond acceptors (Lipinski definition) is 3. The Bertz CT molecular complexity index is 311. The van der Waals surface area contributed by atoms with Crippen molar-refractivity contribution in [1.82, 2.24) is 9.80 Å². The Morgan fingerprint density at radius 1 is 1.16 bits per heavy atom. The van der Waals surface area contributed by atoms with E-state index in [9.17, 15) is 4.79 Å². The number of rotatable bonds is 3. The van der Waals surface area contributed by atoms with E-state index in [1.54, 1.807) is 0 Å². The molecule has 2 aliphatic heterocycles. The fraction of sp³-hybridized carbons (Fsp3) is 0.933. The topological polar surface area (TPSA) is 49.6 Å². The summed E-state index contributed by atoms with van der Waals surface area (Å²) in [6.45, 7) is 8.78. The Labute approximate surface area is 117 Å². The van der Waals surface area contributed by atoms with E-state index in [4.69, 9.17) is 5.73 Å². The first-order valence-electron chi connectivity index (χ1n) is 7.78. The highest BCUT2D eigenvalue weighted by molar-refractivity contribution is 5.79. The molecule has 0 aromatic heterocycles. The second kappa shape index (κ2) is 6.23. The van der Waals surface area contributed by atoms with Gasteiger partial charge in [0, 0.05) is 31.2 Å². The molecule has 0 bridgehead atoms. The highest BCUT2D eigenvalue weighted by Gasteiger charge is 2.33. The van der Waals surface area contributed by atoms with Crippen molar-refractivity contribution < 1.29 is 4.79 Å². The van der Waals surface area contributed by atoms with E-state index in [2.05, 4.69) is 25.7 Å². The Balaban J connectivity index is 1.95. The SMILES string of the molecule is CC1CCN(C(=O)CN2C(C)CCC2C)C(CN)C1. The number of amides is 1. The van der Waals surface area contributed by atoms with E-state index >= 15 is 0 Å². The molecule has 0 radical (unpaired) electrons. The van der Waals surface area contributed by atoms with Crippen LogP contribution in [0.1, 0.15) is 46.5 Å². The van der Waals surface area contributed by atoms with Gasteiger partial charge in [-0.05, 0) is 45.4 Å². The summed E-state index contributed by atoms with van der Waals surface area (Å²) in [5, 5.41) is 0. The number of carbonyl (C=O) groups excluding carboxylic acids is 1. The van der Waals surface area contributed by atoms with Gasteiger partial charge in [-0.15, -0.1) is 0 Å². The van der Waals surface area contributed by atoms with Crippen LogP contribution in [0.2, 0.25) is 0 Å². The second-order valence-electron chi connectivity index (χ2n) is 6.55. The molecule has 19 heavy (non-hydrogen) atoms. The molecule has 2 saturated heterocycles. The predicted molar refractivity (Wildman–Crippen MR) is 77.8 cm³/mol. The van der Waals surface area contributed by atoms with E-state index in [0.29, 0.717) is 31.1 Å². The van der Waals surface area contributed by atoms with Crippen LogP contribution in [0.5, 0.6) is 0 Å². The lowest BCUT2D eigenvalue weighted by atomic mass is 9.92. The zero-order chi connectivity index (χ0) is 14.0. The summed E-state index contributed by atoms with van der Waals surface area (Å²) in [7, 11) is 0. The molecule has 4 heteroatoms. The van der Waals surface area contributed by atoms with Crippen LogP contribution < -0.4 is 5.73 Å². The van der Waals surface area contributed by atoms with Gasteiger partial charge in [-0.25, -0.2) is 0 Å². The van der Waals surface area contributed by atoms with Gasteiger partial charge in [-0.2, -0.15) is 0 Å². The minimum atomic E-state index is 0.254. The quantitative estimate of drug-likeness (QED) is 0.842. The molecule has 0 spiro atoms. The molecular formula is C15H29N3O. The van der Waals surface area contributed by atoms with Crippen molar-refractivity contribution in [3.05, 3.63) is 0 Å². The van der Waals surface area contributed by atoms with Crippen LogP contribution in [0.3, 0.4) is 0 Å². The number of nitrogens with zero attached hydrogens (tertiary/aromatic N) is 2. The van der Waals surface area contributed by atoms with Crippen molar-refractivity contribution in [2.75, 3.05) is 19.6 Å². The van der Waals surface area contributed by atoms with Crippen molar-refractivity contribution in [2.24, 2.45) is 11.7 Å². The molecule has 2 aliphatic rings. The molecule has 1 amide bonds. The number of nitrogens with two attached hydrogens (primary N) is 1. The highest BCUT2D eigenvalue weighted by Crippen LogP contribution is 2.25. The first-order chi connectivity index (χ1) is 9.02. The third kappa shape index (κ3) is 3.29. The molecule has 2 fully saturated rings. The van der Waals surface area contributed by atoms with Gasteiger partial charge in [0.1, 0.15) is 0 Å². The van der Waals surface area contributed by atoms with Crippen molar-refractivity contribution in [3.8, 4) is 0 Å². The third-order valence-corrected chi connectivity index (χ3v) is 5.02. The van der Waals surface area contributed by atoms with Crippen LogP contribution in [-0.2, 0) is 4.79 Å². The summed E-state index contributed by atoms with van der Waals surface area (Å²) in [4.78, 5) is 16.9. The van der Waals surface area contributed by atoms with Crippen molar-refractivity contribution in [3.63, 3.8) is 0 Å². The normalized spacial score (nSPS) is 36.7. The van der Waals surface area contributed by atoms with Crippen LogP contribution in [-0.4, -0.2) is 53.5 Å². The maximum absolute atomic E-state index is 12.5. The Morgan fingerprint density at radius 3 is 2.37 bits per heavy atom. The van der Waals surface area contributed by atoms with Crippen LogP contribution in [0.15, 0.2) is 0 Å². The van der Waals surface area contributed by atoms with Crippen LogP contribution in [0.25, 0.3) is 0 Å². The maximum Gasteiger partial charge on any atom is 0.237 e. The number of carbonyl (C=O) groups is 1. The first kappa shape index (κ1) is 14.8. The summed E-state index contributed by atoms with van der Waals surface area (Å²) < 4.78 is 0. The Morgan fingerprint density at radius 2 is 1.79 bits per heavy atom. The molecule has 0 aromatic carbocycles. The molecule has 4 nitrogen and oxygen atoms in total. The average molecular weight is 267 g/mol. The largest absolute Gasteiger partial charge is 0.337 e. The Hall–Kier alpha value is -0.610. The van der Waals surface area contributed by atoms with Crippen molar-refractivity contribution in [1.29, 1.82) is 0 Å². The van der Waals surface area contributed by atoms with Gasteiger partial charge in [0.25, 0.3) is 0 Å². The van der Waals surface area contributed by atoms with Gasteiger partial charge in [0.05, 0.1) is 6.54 Å². The fourth-order valence-electron chi connectivity index (χ4n) is 3.61. The maximum atomic E-state index is 12.5. The first-order valence-corrected chi connectivity index (χ1v) is 7.78. The summed E-state index contributed by atoms with van der Waals surface area (Å²) >= 11 is 0. The zero-order valence-electron chi connectivity index (χ0n) is 12.6. The summed E-state index contributed by atoms with van der Waals surface area (Å²) in [5.41, 5.74) is 5.85. The molecular weight excluding hydrogens is 238 g/mol. The van der Waals surface area contributed by atoms with Gasteiger partial charge in [0.15, 0.2) is 0 Å². The van der Waals surface area contributed by atoms with Gasteiger partial charge in [0.2, 0.25) is 5.91 Å². The van der Waals surface area contributed by atoms with Gasteiger partial charge in [-0.3, -0.25) is 9.69 Å². The summed E-state index contributed by atoms with van der Waals surface area (Å²) in [6, 6.07) is 1.34. The highest BCUT2D eigenvalue weighted by atomic mass is 16.2. The van der Waals surface area contributed by atoms with Gasteiger partial charge < -0.3 is 10.6 Å². The van der Waals surface area contributed by atoms with E-state index in [-0.39, 0.29) is 11.9 Å². The van der Waals surface area contributed by atoms with Gasteiger partial charge >= 0.3 is 0 Å². The van der Waals surface area contributed by atoms with Gasteiger partial charge in [-0.1, -0.05) is 6.92 Å². The number of likely N-dealkylation sites (tertiary alicyclic amines) is 2. The lowest BCUT2D eigenvalue weighted by molar-refractivity contribution is -0.137. The third-order valence-electron chi connectivity index (χ3n) is 5.02. The van der Waals surface area contributed by atoms with E-state index < -0.39 is 0 Å². The fourth-order valence-corrected chi connectivity index (χ4v) is 3.61. The van der Waals surface area contributed by atoms with Crippen LogP contribution in [0.4, 0.5) is 0 Å². The van der Waals surface area contributed by atoms with Crippen LogP contribution in [0, 0.1) is 5.92 Å². The second-order valence-corrected chi connectivity index (χ2v) is 6.55. The minimum absolute atomic E-state index is 0.254. The van der Waals surface area contributed by atoms with Crippen molar-refractivity contribution in [2.45, 2.75) is 64.6 Å². The lowest BCUT2D eigenvalue weighted by Gasteiger charge is -2.39. The zero-order valence-corrected chi connectivity index (χ0v) is 12.6. The number of hydrogen-bond donors (Lipinski definition) is 1. The molecule has 0 saturated carbocycles. The average Bonchev–Trinajstić information content (AvgIpc) is 2.70. The molecule has 0 aliphatic carbocycles. The lowest BCUT2D eigenvalue weighted by Crippen LogP contribution is -2.53. The summed E-state index contributed by atoms with van der Waals surface area (Å²) in [6.07, 6.45) is 4.61. The Kier molecular flexibility index (Phi) is 4.85. The molecule has 4 atom stereocenters.